The molecule has 2 aliphatic heterocycles. The minimum absolute atomic E-state index is 0.359. The molecule has 0 aromatic carbocycles. The van der Waals surface area contributed by atoms with Crippen molar-refractivity contribution in [2.75, 3.05) is 32.7 Å². The van der Waals surface area contributed by atoms with E-state index in [1.54, 1.807) is 0 Å². The second-order valence-corrected chi connectivity index (χ2v) is 12.0. The molecule has 2 nitrogen and oxygen atoms in total. The van der Waals surface area contributed by atoms with Gasteiger partial charge >= 0.3 is 0 Å². The fourth-order valence-electron chi connectivity index (χ4n) is 5.97. The van der Waals surface area contributed by atoms with Crippen LogP contribution in [0.15, 0.2) is 0 Å². The Hall–Kier alpha value is -0.0800. The van der Waals surface area contributed by atoms with Gasteiger partial charge in [-0.2, -0.15) is 0 Å². The van der Waals surface area contributed by atoms with Gasteiger partial charge in [0.15, 0.2) is 0 Å². The first-order chi connectivity index (χ1) is 12.1. The van der Waals surface area contributed by atoms with E-state index in [9.17, 15) is 0 Å². The lowest BCUT2D eigenvalue weighted by atomic mass is 9.65. The molecule has 3 rings (SSSR count). The molecule has 0 aromatic heterocycles. The molecule has 3 aliphatic rings. The molecule has 2 heterocycles. The Balaban J connectivity index is 1.40. The van der Waals surface area contributed by atoms with Crippen molar-refractivity contribution in [2.24, 2.45) is 22.7 Å². The molecule has 3 fully saturated rings. The first-order valence-corrected chi connectivity index (χ1v) is 11.5. The molecule has 1 saturated carbocycles. The summed E-state index contributed by atoms with van der Waals surface area (Å²) in [5.41, 5.74) is 1.57. The SMILES string of the molecule is CC(C)(C)C1CCN(CC2CCC3(CC2)CCN(C(C)(C)C)CC3)CC1. The Morgan fingerprint density at radius 2 is 1.27 bits per heavy atom. The van der Waals surface area contributed by atoms with Gasteiger partial charge in [-0.05, 0) is 121 Å². The highest BCUT2D eigenvalue weighted by Gasteiger charge is 2.40. The summed E-state index contributed by atoms with van der Waals surface area (Å²) in [5, 5.41) is 0. The van der Waals surface area contributed by atoms with E-state index in [1.165, 1.54) is 84.1 Å². The normalized spacial score (nSPS) is 27.9. The smallest absolute Gasteiger partial charge is 0.0125 e. The Morgan fingerprint density at radius 3 is 1.73 bits per heavy atom. The molecule has 152 valence electrons. The van der Waals surface area contributed by atoms with Crippen LogP contribution in [-0.2, 0) is 0 Å². The highest BCUT2D eigenvalue weighted by molar-refractivity contribution is 4.93. The van der Waals surface area contributed by atoms with Crippen LogP contribution in [0.3, 0.4) is 0 Å². The summed E-state index contributed by atoms with van der Waals surface area (Å²) in [6, 6.07) is 0. The van der Waals surface area contributed by atoms with Crippen molar-refractivity contribution in [1.29, 1.82) is 0 Å². The topological polar surface area (TPSA) is 6.48 Å². The third-order valence-electron chi connectivity index (χ3n) is 8.27. The van der Waals surface area contributed by atoms with Crippen LogP contribution in [0.2, 0.25) is 0 Å². The van der Waals surface area contributed by atoms with Gasteiger partial charge in [0.05, 0.1) is 0 Å². The van der Waals surface area contributed by atoms with Gasteiger partial charge in [-0.1, -0.05) is 20.8 Å². The number of likely N-dealkylation sites (tertiary alicyclic amines) is 2. The van der Waals surface area contributed by atoms with E-state index in [0.29, 0.717) is 16.4 Å². The summed E-state index contributed by atoms with van der Waals surface area (Å²) >= 11 is 0. The highest BCUT2D eigenvalue weighted by Crippen LogP contribution is 2.47. The lowest BCUT2D eigenvalue weighted by Gasteiger charge is -2.50. The van der Waals surface area contributed by atoms with Crippen LogP contribution in [-0.4, -0.2) is 48.1 Å². The molecule has 2 saturated heterocycles. The Morgan fingerprint density at radius 1 is 0.731 bits per heavy atom. The molecule has 2 heteroatoms. The summed E-state index contributed by atoms with van der Waals surface area (Å²) in [6.07, 6.45) is 11.7. The molecule has 0 amide bonds. The van der Waals surface area contributed by atoms with Crippen LogP contribution in [0.5, 0.6) is 0 Å². The van der Waals surface area contributed by atoms with E-state index in [4.69, 9.17) is 0 Å². The number of hydrogen-bond donors (Lipinski definition) is 0. The average molecular weight is 363 g/mol. The second-order valence-electron chi connectivity index (χ2n) is 12.0. The monoisotopic (exact) mass is 362 g/mol. The first-order valence-electron chi connectivity index (χ1n) is 11.5. The molecule has 26 heavy (non-hydrogen) atoms. The van der Waals surface area contributed by atoms with Crippen molar-refractivity contribution < 1.29 is 0 Å². The van der Waals surface area contributed by atoms with Gasteiger partial charge in [0.1, 0.15) is 0 Å². The largest absolute Gasteiger partial charge is 0.303 e. The van der Waals surface area contributed by atoms with Crippen LogP contribution in [0.25, 0.3) is 0 Å². The van der Waals surface area contributed by atoms with Gasteiger partial charge < -0.3 is 4.90 Å². The van der Waals surface area contributed by atoms with E-state index in [0.717, 1.165) is 11.8 Å². The van der Waals surface area contributed by atoms with Gasteiger partial charge in [0, 0.05) is 12.1 Å². The fraction of sp³-hybridized carbons (Fsp3) is 1.00. The van der Waals surface area contributed by atoms with E-state index >= 15 is 0 Å². The minimum atomic E-state index is 0.359. The predicted molar refractivity (Wildman–Crippen MR) is 114 cm³/mol. The zero-order valence-corrected chi connectivity index (χ0v) is 18.7. The van der Waals surface area contributed by atoms with Crippen LogP contribution >= 0.6 is 0 Å². The zero-order valence-electron chi connectivity index (χ0n) is 18.7. The first kappa shape index (κ1) is 20.6. The third-order valence-corrected chi connectivity index (χ3v) is 8.27. The van der Waals surface area contributed by atoms with Crippen molar-refractivity contribution >= 4 is 0 Å². The van der Waals surface area contributed by atoms with Crippen molar-refractivity contribution in [2.45, 2.75) is 98.4 Å². The summed E-state index contributed by atoms with van der Waals surface area (Å²) in [4.78, 5) is 5.51. The molecule has 0 radical (unpaired) electrons. The molecular formula is C24H46N2. The van der Waals surface area contributed by atoms with Crippen LogP contribution < -0.4 is 0 Å². The van der Waals surface area contributed by atoms with E-state index < -0.39 is 0 Å². The third kappa shape index (κ3) is 5.04. The van der Waals surface area contributed by atoms with Crippen molar-refractivity contribution in [3.63, 3.8) is 0 Å². The molecule has 0 bridgehead atoms. The number of rotatable bonds is 2. The van der Waals surface area contributed by atoms with E-state index in [1.807, 2.05) is 0 Å². The molecule has 0 aromatic rings. The fourth-order valence-corrected chi connectivity index (χ4v) is 5.97. The lowest BCUT2D eigenvalue weighted by Crippen LogP contribution is -2.50. The summed E-state index contributed by atoms with van der Waals surface area (Å²) in [7, 11) is 0. The standard InChI is InChI=1S/C24H46N2/c1-22(2,3)21-9-15-25(16-10-21)19-20-7-11-24(12-8-20)13-17-26(18-14-24)23(4,5)6/h20-21H,7-19H2,1-6H3. The second kappa shape index (κ2) is 7.74. The average Bonchev–Trinajstić information content (AvgIpc) is 2.56. The van der Waals surface area contributed by atoms with Gasteiger partial charge in [0.2, 0.25) is 0 Å². The summed E-state index contributed by atoms with van der Waals surface area (Å²) in [5.74, 6) is 1.91. The van der Waals surface area contributed by atoms with Crippen molar-refractivity contribution in [3.05, 3.63) is 0 Å². The molecule has 1 aliphatic carbocycles. The minimum Gasteiger partial charge on any atom is -0.303 e. The van der Waals surface area contributed by atoms with Crippen molar-refractivity contribution in [3.8, 4) is 0 Å². The maximum absolute atomic E-state index is 2.80. The maximum Gasteiger partial charge on any atom is 0.0125 e. The Labute approximate surface area is 164 Å². The van der Waals surface area contributed by atoms with Gasteiger partial charge in [-0.3, -0.25) is 4.90 Å². The number of piperidine rings is 2. The van der Waals surface area contributed by atoms with Gasteiger partial charge in [-0.15, -0.1) is 0 Å². The predicted octanol–water partition coefficient (Wildman–Crippen LogP) is 5.82. The zero-order chi connectivity index (χ0) is 19.0. The molecular weight excluding hydrogens is 316 g/mol. The van der Waals surface area contributed by atoms with Gasteiger partial charge in [-0.25, -0.2) is 0 Å². The highest BCUT2D eigenvalue weighted by atomic mass is 15.2. The number of nitrogens with zero attached hydrogens (tertiary/aromatic N) is 2. The maximum atomic E-state index is 2.80. The number of hydrogen-bond acceptors (Lipinski definition) is 2. The Kier molecular flexibility index (Phi) is 6.15. The molecule has 1 spiro atoms. The molecule has 0 atom stereocenters. The van der Waals surface area contributed by atoms with Crippen LogP contribution in [0.4, 0.5) is 0 Å². The van der Waals surface area contributed by atoms with E-state index in [2.05, 4.69) is 51.3 Å². The van der Waals surface area contributed by atoms with E-state index in [-0.39, 0.29) is 0 Å². The lowest BCUT2D eigenvalue weighted by molar-refractivity contribution is 0.00684. The van der Waals surface area contributed by atoms with Crippen LogP contribution in [0, 0.1) is 22.7 Å². The van der Waals surface area contributed by atoms with Crippen molar-refractivity contribution in [1.82, 2.24) is 9.80 Å². The Bertz CT molecular complexity index is 430. The molecule has 0 N–H and O–H groups in total. The van der Waals surface area contributed by atoms with Gasteiger partial charge in [0.25, 0.3) is 0 Å². The van der Waals surface area contributed by atoms with Crippen LogP contribution in [0.1, 0.15) is 92.9 Å². The quantitative estimate of drug-likeness (QED) is 0.611. The molecule has 0 unspecified atom stereocenters. The summed E-state index contributed by atoms with van der Waals surface area (Å²) in [6.45, 7) is 21.2. The summed E-state index contributed by atoms with van der Waals surface area (Å²) < 4.78 is 0.